The fourth-order valence-electron chi connectivity index (χ4n) is 4.27. The van der Waals surface area contributed by atoms with Gasteiger partial charge in [-0.25, -0.2) is 0 Å². The van der Waals surface area contributed by atoms with E-state index in [1.54, 1.807) is 0 Å². The van der Waals surface area contributed by atoms with Crippen LogP contribution in [0.5, 0.6) is 0 Å². The van der Waals surface area contributed by atoms with Gasteiger partial charge in [-0.2, -0.15) is 0 Å². The van der Waals surface area contributed by atoms with Crippen LogP contribution >= 0.6 is 12.4 Å². The minimum atomic E-state index is 0. The Morgan fingerprint density at radius 1 is 1.08 bits per heavy atom. The first kappa shape index (κ1) is 20.3. The Hall–Kier alpha value is -1.06. The van der Waals surface area contributed by atoms with Crippen LogP contribution in [-0.4, -0.2) is 23.4 Å². The molecule has 0 bridgehead atoms. The lowest BCUT2D eigenvalue weighted by Crippen LogP contribution is -2.40. The lowest BCUT2D eigenvalue weighted by Gasteiger charge is -2.33. The van der Waals surface area contributed by atoms with Crippen molar-refractivity contribution in [2.24, 2.45) is 11.7 Å². The van der Waals surface area contributed by atoms with Gasteiger partial charge in [0.05, 0.1) is 6.04 Å². The van der Waals surface area contributed by atoms with E-state index in [9.17, 15) is 4.79 Å². The van der Waals surface area contributed by atoms with Crippen molar-refractivity contribution in [3.05, 3.63) is 35.4 Å². The molecular formula is C21H33ClN2O. The molecule has 25 heavy (non-hydrogen) atoms. The third-order valence-corrected chi connectivity index (χ3v) is 5.76. The van der Waals surface area contributed by atoms with Gasteiger partial charge in [0.25, 0.3) is 0 Å². The molecule has 1 saturated carbocycles. The van der Waals surface area contributed by atoms with E-state index in [2.05, 4.69) is 49.9 Å². The van der Waals surface area contributed by atoms with E-state index < -0.39 is 0 Å². The number of rotatable bonds is 2. The zero-order valence-corrected chi connectivity index (χ0v) is 16.6. The fraction of sp³-hybridized carbons (Fsp3) is 0.667. The molecule has 2 aliphatic rings. The maximum absolute atomic E-state index is 13.0. The Morgan fingerprint density at radius 3 is 2.36 bits per heavy atom. The van der Waals surface area contributed by atoms with Gasteiger partial charge in [0.15, 0.2) is 0 Å². The molecule has 0 spiro atoms. The van der Waals surface area contributed by atoms with Gasteiger partial charge in [-0.05, 0) is 48.6 Å². The number of amides is 1. The predicted octanol–water partition coefficient (Wildman–Crippen LogP) is 4.59. The van der Waals surface area contributed by atoms with E-state index in [0.29, 0.717) is 5.91 Å². The van der Waals surface area contributed by atoms with Crippen molar-refractivity contribution in [1.82, 2.24) is 4.90 Å². The Kier molecular flexibility index (Phi) is 6.56. The van der Waals surface area contributed by atoms with Gasteiger partial charge >= 0.3 is 0 Å². The number of hydrogen-bond acceptors (Lipinski definition) is 2. The summed E-state index contributed by atoms with van der Waals surface area (Å²) in [5, 5.41) is 0. The topological polar surface area (TPSA) is 46.3 Å². The number of halogens is 1. The third kappa shape index (κ3) is 4.57. The van der Waals surface area contributed by atoms with Crippen molar-refractivity contribution in [2.75, 3.05) is 6.54 Å². The van der Waals surface area contributed by atoms with Crippen LogP contribution in [0.1, 0.15) is 76.5 Å². The second-order valence-electron chi connectivity index (χ2n) is 8.69. The molecular weight excluding hydrogens is 332 g/mol. The van der Waals surface area contributed by atoms with Gasteiger partial charge < -0.3 is 10.6 Å². The van der Waals surface area contributed by atoms with Gasteiger partial charge in [0.2, 0.25) is 5.91 Å². The van der Waals surface area contributed by atoms with Gasteiger partial charge in [0, 0.05) is 18.5 Å². The molecule has 3 atom stereocenters. The SMILES string of the molecule is CC(C)(C)c1ccc(C2CCCN2C(=O)C2CCCC(N)C2)cc1.Cl. The molecule has 1 aliphatic carbocycles. The summed E-state index contributed by atoms with van der Waals surface area (Å²) < 4.78 is 0. The molecule has 1 saturated heterocycles. The van der Waals surface area contributed by atoms with Crippen molar-refractivity contribution < 1.29 is 4.79 Å². The third-order valence-electron chi connectivity index (χ3n) is 5.76. The highest BCUT2D eigenvalue weighted by Crippen LogP contribution is 2.36. The van der Waals surface area contributed by atoms with Crippen LogP contribution in [0.3, 0.4) is 0 Å². The molecule has 0 aromatic heterocycles. The van der Waals surface area contributed by atoms with Crippen LogP contribution in [0, 0.1) is 5.92 Å². The molecule has 2 fully saturated rings. The molecule has 1 aliphatic heterocycles. The van der Waals surface area contributed by atoms with E-state index in [-0.39, 0.29) is 35.8 Å². The smallest absolute Gasteiger partial charge is 0.226 e. The highest BCUT2D eigenvalue weighted by atomic mass is 35.5. The lowest BCUT2D eigenvalue weighted by molar-refractivity contribution is -0.137. The second kappa shape index (κ2) is 8.09. The van der Waals surface area contributed by atoms with Crippen molar-refractivity contribution in [3.8, 4) is 0 Å². The first-order valence-corrected chi connectivity index (χ1v) is 9.53. The molecule has 2 N–H and O–H groups in total. The van der Waals surface area contributed by atoms with Crippen LogP contribution in [0.4, 0.5) is 0 Å². The number of likely N-dealkylation sites (tertiary alicyclic amines) is 1. The van der Waals surface area contributed by atoms with Gasteiger partial charge in [-0.3, -0.25) is 4.79 Å². The van der Waals surface area contributed by atoms with Crippen LogP contribution in [0.25, 0.3) is 0 Å². The second-order valence-corrected chi connectivity index (χ2v) is 8.69. The summed E-state index contributed by atoms with van der Waals surface area (Å²) in [6.45, 7) is 7.61. The minimum Gasteiger partial charge on any atom is -0.335 e. The normalized spacial score (nSPS) is 27.0. The van der Waals surface area contributed by atoms with Crippen molar-refractivity contribution in [2.45, 2.75) is 76.8 Å². The summed E-state index contributed by atoms with van der Waals surface area (Å²) in [7, 11) is 0. The molecule has 3 unspecified atom stereocenters. The van der Waals surface area contributed by atoms with E-state index in [1.165, 1.54) is 11.1 Å². The molecule has 1 heterocycles. The highest BCUT2D eigenvalue weighted by molar-refractivity contribution is 5.85. The quantitative estimate of drug-likeness (QED) is 0.834. The highest BCUT2D eigenvalue weighted by Gasteiger charge is 2.35. The summed E-state index contributed by atoms with van der Waals surface area (Å²) in [6, 6.07) is 9.37. The van der Waals surface area contributed by atoms with Gasteiger partial charge in [-0.15, -0.1) is 12.4 Å². The summed E-state index contributed by atoms with van der Waals surface area (Å²) in [6.07, 6.45) is 6.23. The summed E-state index contributed by atoms with van der Waals surface area (Å²) in [4.78, 5) is 15.2. The van der Waals surface area contributed by atoms with Crippen LogP contribution < -0.4 is 5.73 Å². The maximum atomic E-state index is 13.0. The van der Waals surface area contributed by atoms with Gasteiger partial charge in [0.1, 0.15) is 0 Å². The molecule has 3 rings (SSSR count). The zero-order valence-electron chi connectivity index (χ0n) is 15.8. The largest absolute Gasteiger partial charge is 0.335 e. The van der Waals surface area contributed by atoms with Crippen molar-refractivity contribution in [1.29, 1.82) is 0 Å². The number of benzene rings is 1. The minimum absolute atomic E-state index is 0. The molecule has 1 amide bonds. The predicted molar refractivity (Wildman–Crippen MR) is 106 cm³/mol. The first-order chi connectivity index (χ1) is 11.4. The average molecular weight is 365 g/mol. The molecule has 1 aromatic rings. The number of hydrogen-bond donors (Lipinski definition) is 1. The Labute approximate surface area is 158 Å². The molecule has 0 radical (unpaired) electrons. The monoisotopic (exact) mass is 364 g/mol. The Bertz CT molecular complexity index is 579. The standard InChI is InChI=1S/C21H32N2O.ClH/c1-21(2,3)17-11-9-15(10-12-17)19-8-5-13-23(19)20(24)16-6-4-7-18(22)14-16;/h9-12,16,18-19H,4-8,13-14,22H2,1-3H3;1H. The van der Waals surface area contributed by atoms with Crippen LogP contribution in [0.15, 0.2) is 24.3 Å². The molecule has 4 heteroatoms. The number of nitrogens with two attached hydrogens (primary N) is 1. The van der Waals surface area contributed by atoms with E-state index >= 15 is 0 Å². The number of carbonyl (C=O) groups excluding carboxylic acids is 1. The Morgan fingerprint density at radius 2 is 1.76 bits per heavy atom. The van der Waals surface area contributed by atoms with E-state index in [1.807, 2.05) is 0 Å². The zero-order chi connectivity index (χ0) is 17.3. The summed E-state index contributed by atoms with van der Waals surface area (Å²) in [5.41, 5.74) is 8.90. The average Bonchev–Trinajstić information content (AvgIpc) is 3.03. The lowest BCUT2D eigenvalue weighted by atomic mass is 9.84. The van der Waals surface area contributed by atoms with Crippen molar-refractivity contribution in [3.63, 3.8) is 0 Å². The Balaban J connectivity index is 0.00000225. The molecule has 1 aromatic carbocycles. The fourth-order valence-corrected chi connectivity index (χ4v) is 4.27. The van der Waals surface area contributed by atoms with Crippen molar-refractivity contribution >= 4 is 18.3 Å². The summed E-state index contributed by atoms with van der Waals surface area (Å²) in [5.74, 6) is 0.482. The number of carbonyl (C=O) groups is 1. The maximum Gasteiger partial charge on any atom is 0.226 e. The van der Waals surface area contributed by atoms with Gasteiger partial charge in [-0.1, -0.05) is 51.5 Å². The first-order valence-electron chi connectivity index (χ1n) is 9.53. The molecule has 3 nitrogen and oxygen atoms in total. The summed E-state index contributed by atoms with van der Waals surface area (Å²) >= 11 is 0. The van der Waals surface area contributed by atoms with E-state index in [4.69, 9.17) is 5.73 Å². The van der Waals surface area contributed by atoms with Crippen LogP contribution in [-0.2, 0) is 10.2 Å². The van der Waals surface area contributed by atoms with Crippen LogP contribution in [0.2, 0.25) is 0 Å². The molecule has 140 valence electrons. The number of nitrogens with zero attached hydrogens (tertiary/aromatic N) is 1. The van der Waals surface area contributed by atoms with E-state index in [0.717, 1.165) is 45.1 Å².